The van der Waals surface area contributed by atoms with Gasteiger partial charge in [-0.05, 0) is 42.7 Å². The van der Waals surface area contributed by atoms with Gasteiger partial charge in [0.15, 0.2) is 0 Å². The third-order valence-corrected chi connectivity index (χ3v) is 7.91. The van der Waals surface area contributed by atoms with Gasteiger partial charge < -0.3 is 14.5 Å². The zero-order valence-corrected chi connectivity index (χ0v) is 20.7. The van der Waals surface area contributed by atoms with Crippen molar-refractivity contribution in [3.8, 4) is 11.3 Å². The summed E-state index contributed by atoms with van der Waals surface area (Å²) < 4.78 is 44.7. The van der Waals surface area contributed by atoms with E-state index in [9.17, 15) is 18.0 Å². The molecule has 4 heterocycles. The normalized spacial score (nSPS) is 21.0. The number of ether oxygens (including phenoxy) is 1. The number of benzene rings is 1. The van der Waals surface area contributed by atoms with Gasteiger partial charge >= 0.3 is 12.2 Å². The highest BCUT2D eigenvalue weighted by Crippen LogP contribution is 2.39. The zero-order chi connectivity index (χ0) is 25.3. The third-order valence-electron chi connectivity index (χ3n) is 6.90. The quantitative estimate of drug-likeness (QED) is 0.458. The van der Waals surface area contributed by atoms with Crippen molar-refractivity contribution in [3.63, 3.8) is 0 Å². The third kappa shape index (κ3) is 5.24. The van der Waals surface area contributed by atoms with Crippen molar-refractivity contribution in [2.75, 3.05) is 39.4 Å². The molecule has 2 unspecified atom stereocenters. The zero-order valence-electron chi connectivity index (χ0n) is 19.9. The highest BCUT2D eigenvalue weighted by atomic mass is 32.1. The van der Waals surface area contributed by atoms with Crippen molar-refractivity contribution in [3.05, 3.63) is 69.8 Å². The SMILES string of the molecule is Cc1ccncc1-c1csc(C2CC(c3ccc(C(F)(F)F)cc3)CN(C(=O)N3CCOCC3)C2)n1. The molecule has 3 aromatic rings. The van der Waals surface area contributed by atoms with Crippen LogP contribution in [0.3, 0.4) is 0 Å². The van der Waals surface area contributed by atoms with Gasteiger partial charge in [-0.3, -0.25) is 4.98 Å². The predicted molar refractivity (Wildman–Crippen MR) is 131 cm³/mol. The van der Waals surface area contributed by atoms with Crippen molar-refractivity contribution >= 4 is 17.4 Å². The second-order valence-corrected chi connectivity index (χ2v) is 10.2. The van der Waals surface area contributed by atoms with Crippen LogP contribution in [0.5, 0.6) is 0 Å². The monoisotopic (exact) mass is 516 g/mol. The lowest BCUT2D eigenvalue weighted by Crippen LogP contribution is -2.52. The fourth-order valence-corrected chi connectivity index (χ4v) is 5.83. The Balaban J connectivity index is 1.42. The molecule has 2 fully saturated rings. The topological polar surface area (TPSA) is 58.6 Å². The molecule has 10 heteroatoms. The molecule has 2 saturated heterocycles. The van der Waals surface area contributed by atoms with Crippen molar-refractivity contribution in [2.24, 2.45) is 0 Å². The number of carbonyl (C=O) groups excluding carboxylic acids is 1. The van der Waals surface area contributed by atoms with E-state index in [2.05, 4.69) is 4.98 Å². The summed E-state index contributed by atoms with van der Waals surface area (Å²) in [6.07, 6.45) is -0.129. The Morgan fingerprint density at radius 2 is 1.78 bits per heavy atom. The maximum Gasteiger partial charge on any atom is 0.416 e. The average Bonchev–Trinajstić information content (AvgIpc) is 3.38. The summed E-state index contributed by atoms with van der Waals surface area (Å²) >= 11 is 1.55. The molecule has 0 spiro atoms. The van der Waals surface area contributed by atoms with Crippen LogP contribution in [0.2, 0.25) is 0 Å². The summed E-state index contributed by atoms with van der Waals surface area (Å²) in [5, 5.41) is 2.93. The minimum Gasteiger partial charge on any atom is -0.378 e. The standard InChI is InChI=1S/C26H27F3N4O2S/c1-17-6-7-30-13-22(17)23-16-36-24(31-23)20-12-19(18-2-4-21(5-3-18)26(27,28)29)14-33(15-20)25(34)32-8-10-35-11-9-32/h2-7,13,16,19-20H,8-12,14-15H2,1H3. The molecule has 2 aliphatic heterocycles. The maximum absolute atomic E-state index is 13.4. The Morgan fingerprint density at radius 1 is 1.06 bits per heavy atom. The molecule has 0 N–H and O–H groups in total. The molecule has 6 nitrogen and oxygen atoms in total. The van der Waals surface area contributed by atoms with Gasteiger partial charge in [0.2, 0.25) is 0 Å². The van der Waals surface area contributed by atoms with Crippen LogP contribution in [0, 0.1) is 6.92 Å². The van der Waals surface area contributed by atoms with Crippen molar-refractivity contribution in [1.29, 1.82) is 0 Å². The first-order valence-corrected chi connectivity index (χ1v) is 12.8. The van der Waals surface area contributed by atoms with Crippen molar-refractivity contribution < 1.29 is 22.7 Å². The van der Waals surface area contributed by atoms with E-state index in [1.807, 2.05) is 23.3 Å². The fraction of sp³-hybridized carbons (Fsp3) is 0.423. The molecular formula is C26H27F3N4O2S. The van der Waals surface area contributed by atoms with Gasteiger partial charge in [0.1, 0.15) is 0 Å². The van der Waals surface area contributed by atoms with Gasteiger partial charge in [-0.1, -0.05) is 12.1 Å². The number of piperidine rings is 1. The maximum atomic E-state index is 13.4. The number of aryl methyl sites for hydroxylation is 1. The van der Waals surface area contributed by atoms with Gasteiger partial charge in [0.25, 0.3) is 0 Å². The molecule has 36 heavy (non-hydrogen) atoms. The molecule has 0 bridgehead atoms. The van der Waals surface area contributed by atoms with Crippen molar-refractivity contribution in [2.45, 2.75) is 31.4 Å². The van der Waals surface area contributed by atoms with Gasteiger partial charge in [-0.25, -0.2) is 9.78 Å². The fourth-order valence-electron chi connectivity index (χ4n) is 4.91. The summed E-state index contributed by atoms with van der Waals surface area (Å²) in [6, 6.07) is 7.22. The Bertz CT molecular complexity index is 1210. The number of carbonyl (C=O) groups is 1. The average molecular weight is 517 g/mol. The second kappa shape index (κ2) is 10.2. The Morgan fingerprint density at radius 3 is 2.47 bits per heavy atom. The Labute approximate surface area is 211 Å². The minimum atomic E-state index is -4.38. The first-order valence-electron chi connectivity index (χ1n) is 11.9. The molecule has 0 aliphatic carbocycles. The first-order chi connectivity index (χ1) is 17.3. The van der Waals surface area contributed by atoms with E-state index < -0.39 is 11.7 Å². The van der Waals surface area contributed by atoms with E-state index in [-0.39, 0.29) is 17.9 Å². The van der Waals surface area contributed by atoms with Crippen LogP contribution >= 0.6 is 11.3 Å². The molecular weight excluding hydrogens is 489 g/mol. The second-order valence-electron chi connectivity index (χ2n) is 9.30. The summed E-state index contributed by atoms with van der Waals surface area (Å²) in [7, 11) is 0. The summed E-state index contributed by atoms with van der Waals surface area (Å²) in [5.74, 6) is -0.115. The highest BCUT2D eigenvalue weighted by molar-refractivity contribution is 7.10. The number of thiazole rings is 1. The van der Waals surface area contributed by atoms with Crippen LogP contribution in [0.15, 0.2) is 48.1 Å². The smallest absolute Gasteiger partial charge is 0.378 e. The van der Waals surface area contributed by atoms with Crippen LogP contribution < -0.4 is 0 Å². The minimum absolute atomic E-state index is 0.0215. The van der Waals surface area contributed by atoms with Crippen LogP contribution in [0.4, 0.5) is 18.0 Å². The number of halogens is 3. The van der Waals surface area contributed by atoms with Crippen LogP contribution in [-0.4, -0.2) is 65.2 Å². The van der Waals surface area contributed by atoms with E-state index in [1.54, 1.807) is 40.8 Å². The van der Waals surface area contributed by atoms with Gasteiger partial charge in [-0.2, -0.15) is 13.2 Å². The van der Waals surface area contributed by atoms with Crippen LogP contribution in [-0.2, 0) is 10.9 Å². The number of likely N-dealkylation sites (tertiary alicyclic amines) is 1. The van der Waals surface area contributed by atoms with E-state index in [4.69, 9.17) is 9.72 Å². The number of hydrogen-bond acceptors (Lipinski definition) is 5. The predicted octanol–water partition coefficient (Wildman–Crippen LogP) is 5.56. The molecule has 2 aliphatic rings. The number of aromatic nitrogens is 2. The lowest BCUT2D eigenvalue weighted by atomic mass is 9.84. The van der Waals surface area contributed by atoms with E-state index >= 15 is 0 Å². The molecule has 190 valence electrons. The van der Waals surface area contributed by atoms with Gasteiger partial charge in [0, 0.05) is 61.4 Å². The summed E-state index contributed by atoms with van der Waals surface area (Å²) in [6.45, 7) is 5.07. The highest BCUT2D eigenvalue weighted by Gasteiger charge is 2.36. The van der Waals surface area contributed by atoms with Gasteiger partial charge in [0.05, 0.1) is 29.5 Å². The van der Waals surface area contributed by atoms with Crippen LogP contribution in [0.25, 0.3) is 11.3 Å². The number of alkyl halides is 3. The molecule has 2 atom stereocenters. The van der Waals surface area contributed by atoms with E-state index in [0.717, 1.165) is 39.5 Å². The van der Waals surface area contributed by atoms with E-state index in [1.165, 1.54) is 0 Å². The Kier molecular flexibility index (Phi) is 6.98. The largest absolute Gasteiger partial charge is 0.416 e. The number of hydrogen-bond donors (Lipinski definition) is 0. The molecule has 0 radical (unpaired) electrons. The number of amides is 2. The molecule has 2 aromatic heterocycles. The molecule has 1 aromatic carbocycles. The number of rotatable bonds is 3. The molecule has 0 saturated carbocycles. The lowest BCUT2D eigenvalue weighted by molar-refractivity contribution is -0.137. The molecule has 5 rings (SSSR count). The van der Waals surface area contributed by atoms with Crippen molar-refractivity contribution in [1.82, 2.24) is 19.8 Å². The lowest BCUT2D eigenvalue weighted by Gasteiger charge is -2.40. The number of morpholine rings is 1. The van der Waals surface area contributed by atoms with Gasteiger partial charge in [-0.15, -0.1) is 11.3 Å². The molecule has 2 amide bonds. The Hall–Kier alpha value is -2.98. The number of nitrogens with zero attached hydrogens (tertiary/aromatic N) is 4. The summed E-state index contributed by atoms with van der Waals surface area (Å²) in [5.41, 5.74) is 3.03. The number of urea groups is 1. The number of pyridine rings is 1. The van der Waals surface area contributed by atoms with Crippen LogP contribution in [0.1, 0.15) is 40.0 Å². The summed E-state index contributed by atoms with van der Waals surface area (Å²) in [4.78, 5) is 26.1. The van der Waals surface area contributed by atoms with E-state index in [0.29, 0.717) is 45.8 Å². The first kappa shape index (κ1) is 24.7.